The van der Waals surface area contributed by atoms with Gasteiger partial charge in [-0.1, -0.05) is 25.9 Å². The predicted molar refractivity (Wildman–Crippen MR) is 132 cm³/mol. The maximum Gasteiger partial charge on any atom is 0.276 e. The van der Waals surface area contributed by atoms with E-state index in [2.05, 4.69) is 35.4 Å². The molecular formula is C26H34N4O5. The van der Waals surface area contributed by atoms with Gasteiger partial charge in [-0.15, -0.1) is 0 Å². The van der Waals surface area contributed by atoms with Gasteiger partial charge in [0.15, 0.2) is 0 Å². The fourth-order valence-corrected chi connectivity index (χ4v) is 3.79. The molecule has 2 aromatic heterocycles. The molecule has 1 aromatic carbocycles. The summed E-state index contributed by atoms with van der Waals surface area (Å²) in [5.41, 5.74) is 5.35. The lowest BCUT2D eigenvalue weighted by Gasteiger charge is -2.17. The average Bonchev–Trinajstić information content (AvgIpc) is 3.31. The molecule has 0 bridgehead atoms. The van der Waals surface area contributed by atoms with Crippen LogP contribution in [0.25, 0.3) is 23.0 Å². The standard InChI is InChI=1S/C26H34N4O5/c1-6-18-11-19(10-17(5)24(18)34-14-21(32)12-27-23(33)13-31)25-29-26(35-30-25)22-9-16(4)8-20(28-22)7-15(2)3/h8-11,15,21,31-32H,6-7,12-14H2,1-5H3,(H,27,33). The van der Waals surface area contributed by atoms with Crippen molar-refractivity contribution in [3.63, 3.8) is 0 Å². The summed E-state index contributed by atoms with van der Waals surface area (Å²) < 4.78 is 11.4. The zero-order valence-electron chi connectivity index (χ0n) is 21.0. The van der Waals surface area contributed by atoms with E-state index < -0.39 is 18.6 Å². The van der Waals surface area contributed by atoms with Crippen LogP contribution in [-0.4, -0.2) is 57.1 Å². The number of nitrogens with one attached hydrogen (secondary N) is 1. The number of carbonyl (C=O) groups excluding carboxylic acids is 1. The number of aliphatic hydroxyl groups excluding tert-OH is 2. The van der Waals surface area contributed by atoms with Crippen molar-refractivity contribution in [1.29, 1.82) is 0 Å². The van der Waals surface area contributed by atoms with Gasteiger partial charge in [0.25, 0.3) is 5.89 Å². The third-order valence-electron chi connectivity index (χ3n) is 5.37. The Labute approximate surface area is 205 Å². The normalized spacial score (nSPS) is 12.1. The van der Waals surface area contributed by atoms with Crippen LogP contribution >= 0.6 is 0 Å². The molecule has 1 unspecified atom stereocenters. The van der Waals surface area contributed by atoms with Crippen LogP contribution in [0.15, 0.2) is 28.8 Å². The Bertz CT molecular complexity index is 1160. The van der Waals surface area contributed by atoms with E-state index in [0.29, 0.717) is 35.5 Å². The van der Waals surface area contributed by atoms with Crippen LogP contribution in [0.3, 0.4) is 0 Å². The SMILES string of the molecule is CCc1cc(-c2noc(-c3cc(C)cc(CC(C)C)n3)n2)cc(C)c1OCC(O)CNC(=O)CO. The lowest BCUT2D eigenvalue weighted by Crippen LogP contribution is -2.36. The second-order valence-corrected chi connectivity index (χ2v) is 9.10. The van der Waals surface area contributed by atoms with Crippen LogP contribution in [-0.2, 0) is 17.6 Å². The maximum absolute atomic E-state index is 11.1. The molecule has 35 heavy (non-hydrogen) atoms. The third-order valence-corrected chi connectivity index (χ3v) is 5.37. The Morgan fingerprint density at radius 3 is 2.63 bits per heavy atom. The molecule has 2 heterocycles. The van der Waals surface area contributed by atoms with E-state index in [4.69, 9.17) is 19.4 Å². The second kappa shape index (κ2) is 11.9. The number of aromatic nitrogens is 3. The number of rotatable bonds is 11. The van der Waals surface area contributed by atoms with E-state index >= 15 is 0 Å². The van der Waals surface area contributed by atoms with Crippen molar-refractivity contribution < 1.29 is 24.3 Å². The molecule has 0 fully saturated rings. The first-order chi connectivity index (χ1) is 16.7. The Morgan fingerprint density at radius 1 is 1.17 bits per heavy atom. The molecular weight excluding hydrogens is 448 g/mol. The molecule has 3 aromatic rings. The minimum absolute atomic E-state index is 0.00297. The molecule has 1 amide bonds. The molecule has 9 nitrogen and oxygen atoms in total. The van der Waals surface area contributed by atoms with Gasteiger partial charge in [0.05, 0.1) is 0 Å². The minimum Gasteiger partial charge on any atom is -0.490 e. The van der Waals surface area contributed by atoms with Crippen LogP contribution in [0.2, 0.25) is 0 Å². The molecule has 0 saturated heterocycles. The molecule has 3 N–H and O–H groups in total. The molecule has 0 radical (unpaired) electrons. The van der Waals surface area contributed by atoms with E-state index in [1.807, 2.05) is 39.0 Å². The summed E-state index contributed by atoms with van der Waals surface area (Å²) in [7, 11) is 0. The first-order valence-electron chi connectivity index (χ1n) is 11.8. The van der Waals surface area contributed by atoms with E-state index in [1.165, 1.54) is 0 Å². The van der Waals surface area contributed by atoms with E-state index in [9.17, 15) is 9.90 Å². The molecule has 0 aliphatic carbocycles. The monoisotopic (exact) mass is 482 g/mol. The lowest BCUT2D eigenvalue weighted by molar-refractivity contribution is -0.124. The number of ether oxygens (including phenoxy) is 1. The van der Waals surface area contributed by atoms with Crippen molar-refractivity contribution in [3.05, 3.63) is 46.6 Å². The Kier molecular flexibility index (Phi) is 8.95. The van der Waals surface area contributed by atoms with Crippen LogP contribution < -0.4 is 10.1 Å². The smallest absolute Gasteiger partial charge is 0.276 e. The Morgan fingerprint density at radius 2 is 1.94 bits per heavy atom. The van der Waals surface area contributed by atoms with Gasteiger partial charge in [-0.2, -0.15) is 4.98 Å². The number of amides is 1. The zero-order valence-corrected chi connectivity index (χ0v) is 21.0. The van der Waals surface area contributed by atoms with Gasteiger partial charge in [0.1, 0.15) is 30.8 Å². The summed E-state index contributed by atoms with van der Waals surface area (Å²) in [5, 5.41) is 25.4. The van der Waals surface area contributed by atoms with Gasteiger partial charge in [-0.25, -0.2) is 4.98 Å². The molecule has 9 heteroatoms. The number of aryl methyl sites for hydroxylation is 3. The first kappa shape index (κ1) is 26.3. The first-order valence-corrected chi connectivity index (χ1v) is 11.8. The van der Waals surface area contributed by atoms with Gasteiger partial charge in [-0.3, -0.25) is 4.79 Å². The molecule has 188 valence electrons. The summed E-state index contributed by atoms with van der Waals surface area (Å²) in [6, 6.07) is 7.88. The van der Waals surface area contributed by atoms with Gasteiger partial charge < -0.3 is 24.8 Å². The fraction of sp³-hybridized carbons (Fsp3) is 0.462. The van der Waals surface area contributed by atoms with Crippen LogP contribution in [0.1, 0.15) is 43.2 Å². The van der Waals surface area contributed by atoms with Crippen molar-refractivity contribution in [1.82, 2.24) is 20.4 Å². The number of benzene rings is 1. The highest BCUT2D eigenvalue weighted by atomic mass is 16.5. The summed E-state index contributed by atoms with van der Waals surface area (Å²) >= 11 is 0. The average molecular weight is 483 g/mol. The zero-order chi connectivity index (χ0) is 25.5. The Hall–Kier alpha value is -3.30. The predicted octanol–water partition coefficient (Wildman–Crippen LogP) is 3.02. The van der Waals surface area contributed by atoms with Crippen molar-refractivity contribution in [3.8, 4) is 28.7 Å². The number of hydrogen-bond acceptors (Lipinski definition) is 8. The molecule has 0 aliphatic rings. The number of carbonyl (C=O) groups is 1. The largest absolute Gasteiger partial charge is 0.490 e. The van der Waals surface area contributed by atoms with E-state index in [0.717, 1.165) is 34.4 Å². The quantitative estimate of drug-likeness (QED) is 0.380. The van der Waals surface area contributed by atoms with E-state index in [1.54, 1.807) is 0 Å². The fourth-order valence-electron chi connectivity index (χ4n) is 3.79. The summed E-state index contributed by atoms with van der Waals surface area (Å²) in [6.07, 6.45) is 0.666. The number of pyridine rings is 1. The summed E-state index contributed by atoms with van der Waals surface area (Å²) in [6.45, 7) is 9.65. The highest BCUT2D eigenvalue weighted by Gasteiger charge is 2.17. The molecule has 3 rings (SSSR count). The highest BCUT2D eigenvalue weighted by molar-refractivity contribution is 5.76. The Balaban J connectivity index is 1.79. The van der Waals surface area contributed by atoms with E-state index in [-0.39, 0.29) is 13.2 Å². The molecule has 0 aliphatic heterocycles. The topological polar surface area (TPSA) is 131 Å². The van der Waals surface area contributed by atoms with Gasteiger partial charge in [0, 0.05) is 17.8 Å². The molecule has 0 saturated carbocycles. The summed E-state index contributed by atoms with van der Waals surface area (Å²) in [5.74, 6) is 1.45. The minimum atomic E-state index is -0.906. The van der Waals surface area contributed by atoms with Gasteiger partial charge in [0.2, 0.25) is 11.7 Å². The lowest BCUT2D eigenvalue weighted by atomic mass is 10.0. The van der Waals surface area contributed by atoms with Gasteiger partial charge in [-0.05, 0) is 73.6 Å². The van der Waals surface area contributed by atoms with Crippen LogP contribution in [0.5, 0.6) is 5.75 Å². The van der Waals surface area contributed by atoms with Crippen LogP contribution in [0, 0.1) is 19.8 Å². The van der Waals surface area contributed by atoms with Crippen LogP contribution in [0.4, 0.5) is 0 Å². The molecule has 0 spiro atoms. The summed E-state index contributed by atoms with van der Waals surface area (Å²) in [4.78, 5) is 20.5. The third kappa shape index (κ3) is 7.10. The van der Waals surface area contributed by atoms with Crippen molar-refractivity contribution in [2.24, 2.45) is 5.92 Å². The maximum atomic E-state index is 11.1. The highest BCUT2D eigenvalue weighted by Crippen LogP contribution is 2.31. The van der Waals surface area contributed by atoms with Crippen molar-refractivity contribution in [2.75, 3.05) is 19.8 Å². The number of nitrogens with zero attached hydrogens (tertiary/aromatic N) is 3. The number of aliphatic hydroxyl groups is 2. The number of hydrogen-bond donors (Lipinski definition) is 3. The van der Waals surface area contributed by atoms with Gasteiger partial charge >= 0.3 is 0 Å². The van der Waals surface area contributed by atoms with Crippen molar-refractivity contribution >= 4 is 5.91 Å². The second-order valence-electron chi connectivity index (χ2n) is 9.10. The van der Waals surface area contributed by atoms with Crippen molar-refractivity contribution in [2.45, 2.75) is 53.6 Å². The molecule has 1 atom stereocenters.